The Bertz CT molecular complexity index is 859. The van der Waals surface area contributed by atoms with Crippen molar-refractivity contribution < 1.29 is 9.53 Å². The average Bonchev–Trinajstić information content (AvgIpc) is 2.86. The second-order valence-corrected chi connectivity index (χ2v) is 9.42. The summed E-state index contributed by atoms with van der Waals surface area (Å²) in [5.74, 6) is 0.543. The van der Waals surface area contributed by atoms with Gasteiger partial charge >= 0.3 is 0 Å². The fourth-order valence-corrected chi connectivity index (χ4v) is 4.87. The number of hydrogen-bond donors (Lipinski definition) is 1. The first kappa shape index (κ1) is 19.1. The van der Waals surface area contributed by atoms with Crippen LogP contribution in [0.3, 0.4) is 0 Å². The Morgan fingerprint density at radius 3 is 2.32 bits per heavy atom. The molecule has 2 aromatic rings. The minimum absolute atomic E-state index is 0.169. The molecule has 128 valence electrons. The number of ether oxygens (including phenoxy) is 1. The van der Waals surface area contributed by atoms with Crippen LogP contribution in [0.2, 0.25) is 0 Å². The number of amides is 1. The number of halogens is 3. The van der Waals surface area contributed by atoms with Gasteiger partial charge in [0.05, 0.1) is 13.9 Å². The summed E-state index contributed by atoms with van der Waals surface area (Å²) < 4.78 is 9.03. The summed E-state index contributed by atoms with van der Waals surface area (Å²) in [5, 5.41) is 2.61. The highest BCUT2D eigenvalue weighted by Crippen LogP contribution is 2.37. The van der Waals surface area contributed by atoms with E-state index in [1.54, 1.807) is 6.08 Å². The van der Waals surface area contributed by atoms with Crippen LogP contribution in [0.1, 0.15) is 11.1 Å². The van der Waals surface area contributed by atoms with Gasteiger partial charge in [0, 0.05) is 4.47 Å². The molecule has 3 nitrogen and oxygen atoms in total. The van der Waals surface area contributed by atoms with Crippen LogP contribution < -0.4 is 10.1 Å². The van der Waals surface area contributed by atoms with Gasteiger partial charge in [-0.15, -0.1) is 0 Å². The maximum absolute atomic E-state index is 11.8. The Balaban J connectivity index is 1.78. The van der Waals surface area contributed by atoms with E-state index >= 15 is 0 Å². The lowest BCUT2D eigenvalue weighted by Crippen LogP contribution is -2.17. The van der Waals surface area contributed by atoms with Crippen LogP contribution in [0.25, 0.3) is 6.08 Å². The minimum atomic E-state index is -0.169. The number of thioether (sulfide) groups is 1. The molecule has 0 unspecified atom stereocenters. The van der Waals surface area contributed by atoms with Crippen LogP contribution in [0.4, 0.5) is 0 Å². The van der Waals surface area contributed by atoms with Crippen molar-refractivity contribution in [2.45, 2.75) is 6.61 Å². The minimum Gasteiger partial charge on any atom is -0.487 e. The summed E-state index contributed by atoms with van der Waals surface area (Å²) in [6.07, 6.45) is 1.80. The van der Waals surface area contributed by atoms with Gasteiger partial charge in [-0.1, -0.05) is 52.0 Å². The molecule has 0 saturated carbocycles. The highest BCUT2D eigenvalue weighted by atomic mass is 79.9. The number of benzene rings is 2. The van der Waals surface area contributed by atoms with Gasteiger partial charge in [-0.2, -0.15) is 0 Å². The lowest BCUT2D eigenvalue weighted by atomic mass is 10.2. The van der Waals surface area contributed by atoms with E-state index in [2.05, 4.69) is 53.1 Å². The van der Waals surface area contributed by atoms with E-state index in [-0.39, 0.29) is 5.91 Å². The van der Waals surface area contributed by atoms with E-state index in [1.165, 1.54) is 11.8 Å². The summed E-state index contributed by atoms with van der Waals surface area (Å²) in [6.45, 7) is 0.456. The molecule has 0 bridgehead atoms. The van der Waals surface area contributed by atoms with Gasteiger partial charge in [-0.25, -0.2) is 0 Å². The molecule has 1 aliphatic heterocycles. The van der Waals surface area contributed by atoms with Gasteiger partial charge in [0.15, 0.2) is 0 Å². The van der Waals surface area contributed by atoms with Crippen LogP contribution in [0, 0.1) is 0 Å². The lowest BCUT2D eigenvalue weighted by molar-refractivity contribution is -0.115. The maximum atomic E-state index is 11.8. The van der Waals surface area contributed by atoms with Crippen molar-refractivity contribution in [3.63, 3.8) is 0 Å². The predicted molar refractivity (Wildman–Crippen MR) is 117 cm³/mol. The Morgan fingerprint density at radius 1 is 1.12 bits per heavy atom. The van der Waals surface area contributed by atoms with E-state index in [9.17, 15) is 4.79 Å². The van der Waals surface area contributed by atoms with Gasteiger partial charge in [0.25, 0.3) is 5.91 Å². The summed E-state index contributed by atoms with van der Waals surface area (Å²) in [7, 11) is 0. The largest absolute Gasteiger partial charge is 0.487 e. The molecule has 8 heteroatoms. The zero-order chi connectivity index (χ0) is 18.0. The standard InChI is InChI=1S/C17H10Br3NO2S2/c18-11-3-1-9(2-4-11)8-23-15-12(19)5-10(6-13(15)20)7-14-16(22)21-17(24)25-14/h1-7H,8H2,(H,21,22,24). The lowest BCUT2D eigenvalue weighted by Gasteiger charge is -2.12. The van der Waals surface area contributed by atoms with Crippen molar-refractivity contribution in [2.75, 3.05) is 0 Å². The number of rotatable bonds is 4. The molecule has 1 N–H and O–H groups in total. The SMILES string of the molecule is O=C1NC(=S)SC1=Cc1cc(Br)c(OCc2ccc(Br)cc2)c(Br)c1. The molecule has 1 amide bonds. The van der Waals surface area contributed by atoms with Gasteiger partial charge < -0.3 is 10.1 Å². The number of carbonyl (C=O) groups is 1. The number of nitrogens with one attached hydrogen (secondary N) is 1. The molecule has 0 aromatic heterocycles. The maximum Gasteiger partial charge on any atom is 0.263 e. The molecule has 1 fully saturated rings. The Kier molecular flexibility index (Phi) is 6.38. The molecule has 25 heavy (non-hydrogen) atoms. The highest BCUT2D eigenvalue weighted by molar-refractivity contribution is 9.11. The zero-order valence-electron chi connectivity index (χ0n) is 12.5. The first-order valence-corrected chi connectivity index (χ1v) is 10.6. The highest BCUT2D eigenvalue weighted by Gasteiger charge is 2.22. The van der Waals surface area contributed by atoms with Crippen molar-refractivity contribution in [3.05, 3.63) is 65.8 Å². The third-order valence-electron chi connectivity index (χ3n) is 3.26. The molecule has 0 atom stereocenters. The molecule has 1 aliphatic rings. The van der Waals surface area contributed by atoms with Crippen LogP contribution in [-0.4, -0.2) is 10.2 Å². The fraction of sp³-hybridized carbons (Fsp3) is 0.0588. The molecule has 0 aliphatic carbocycles. The van der Waals surface area contributed by atoms with Crippen molar-refractivity contribution in [1.82, 2.24) is 5.32 Å². The first-order chi connectivity index (χ1) is 11.9. The molecule has 3 rings (SSSR count). The number of thiocarbonyl (C=S) groups is 1. The Labute approximate surface area is 180 Å². The van der Waals surface area contributed by atoms with Crippen LogP contribution >= 0.6 is 71.8 Å². The second-order valence-electron chi connectivity index (χ2n) is 5.08. The molecule has 2 aromatic carbocycles. The summed E-state index contributed by atoms with van der Waals surface area (Å²) >= 11 is 16.7. The van der Waals surface area contributed by atoms with Gasteiger partial charge in [-0.3, -0.25) is 4.79 Å². The van der Waals surface area contributed by atoms with E-state index in [0.717, 1.165) is 24.5 Å². The molecular weight excluding hydrogens is 554 g/mol. The molecule has 0 radical (unpaired) electrons. The van der Waals surface area contributed by atoms with Gasteiger partial charge in [0.2, 0.25) is 0 Å². The summed E-state index contributed by atoms with van der Waals surface area (Å²) in [5.41, 5.74) is 1.94. The van der Waals surface area contributed by atoms with Gasteiger partial charge in [0.1, 0.15) is 16.7 Å². The van der Waals surface area contributed by atoms with Crippen LogP contribution in [0.5, 0.6) is 5.75 Å². The van der Waals surface area contributed by atoms with Crippen LogP contribution in [0.15, 0.2) is 54.7 Å². The normalized spacial score (nSPS) is 15.6. The summed E-state index contributed by atoms with van der Waals surface area (Å²) in [4.78, 5) is 12.3. The predicted octanol–water partition coefficient (Wildman–Crippen LogP) is 6.04. The van der Waals surface area contributed by atoms with E-state index in [4.69, 9.17) is 17.0 Å². The smallest absolute Gasteiger partial charge is 0.263 e. The monoisotopic (exact) mass is 561 g/mol. The molecule has 1 heterocycles. The van der Waals surface area contributed by atoms with Crippen molar-refractivity contribution in [2.24, 2.45) is 0 Å². The van der Waals surface area contributed by atoms with Crippen LogP contribution in [-0.2, 0) is 11.4 Å². The van der Waals surface area contributed by atoms with E-state index < -0.39 is 0 Å². The fourth-order valence-electron chi connectivity index (χ4n) is 2.11. The van der Waals surface area contributed by atoms with E-state index in [0.29, 0.717) is 21.6 Å². The number of carbonyl (C=O) groups excluding carboxylic acids is 1. The third kappa shape index (κ3) is 4.95. The quantitative estimate of drug-likeness (QED) is 0.363. The first-order valence-electron chi connectivity index (χ1n) is 7.03. The van der Waals surface area contributed by atoms with Crippen molar-refractivity contribution in [3.8, 4) is 5.75 Å². The molecule has 1 saturated heterocycles. The third-order valence-corrected chi connectivity index (χ3v) is 6.13. The van der Waals surface area contributed by atoms with Gasteiger partial charge in [-0.05, 0) is 73.3 Å². The summed E-state index contributed by atoms with van der Waals surface area (Å²) in [6, 6.07) is 11.8. The Hall–Kier alpha value is -0.670. The molecule has 0 spiro atoms. The Morgan fingerprint density at radius 2 is 1.76 bits per heavy atom. The number of hydrogen-bond acceptors (Lipinski definition) is 4. The van der Waals surface area contributed by atoms with Crippen molar-refractivity contribution >= 4 is 88.1 Å². The molecular formula is C17H10Br3NO2S2. The second kappa shape index (κ2) is 8.35. The average molecular weight is 564 g/mol. The van der Waals surface area contributed by atoms with E-state index in [1.807, 2.05) is 36.4 Å². The topological polar surface area (TPSA) is 38.3 Å². The van der Waals surface area contributed by atoms with Crippen molar-refractivity contribution in [1.29, 1.82) is 0 Å². The zero-order valence-corrected chi connectivity index (χ0v) is 18.9.